The number of hydrogen-bond acceptors (Lipinski definition) is 6. The van der Waals surface area contributed by atoms with E-state index in [0.717, 1.165) is 21.8 Å². The number of carbonyl (C=O) groups excluding carboxylic acids is 3. The third-order valence-corrected chi connectivity index (χ3v) is 6.70. The van der Waals surface area contributed by atoms with Gasteiger partial charge in [-0.3, -0.25) is 14.9 Å². The maximum Gasteiger partial charge on any atom is 0.335 e. The molecule has 1 saturated heterocycles. The lowest BCUT2D eigenvalue weighted by Crippen LogP contribution is -2.54. The zero-order valence-electron chi connectivity index (χ0n) is 22.2. The lowest BCUT2D eigenvalue weighted by atomic mass is 10.1. The minimum Gasteiger partial charge on any atom is -0.490 e. The topological polar surface area (TPSA) is 94.2 Å². The van der Waals surface area contributed by atoms with E-state index >= 15 is 0 Å². The summed E-state index contributed by atoms with van der Waals surface area (Å²) < 4.78 is 18.1. The molecule has 0 radical (unpaired) electrons. The summed E-state index contributed by atoms with van der Waals surface area (Å²) in [6.45, 7) is 8.78. The highest BCUT2D eigenvalue weighted by Crippen LogP contribution is 2.38. The van der Waals surface area contributed by atoms with E-state index < -0.39 is 17.8 Å². The molecule has 1 N–H and O–H groups in total. The van der Waals surface area contributed by atoms with E-state index in [1.165, 1.54) is 11.6 Å². The summed E-state index contributed by atoms with van der Waals surface area (Å²) in [7, 11) is 0. The van der Waals surface area contributed by atoms with Gasteiger partial charge in [0.25, 0.3) is 11.8 Å². The SMILES string of the molecule is CCOc1cc(/C=C2\C(=O)NC(=O)N(c3ccc(C)cc3)C2=O)cc(Br)c1OCCOc1ccc(C)c(C)c1. The molecule has 0 unspecified atom stereocenters. The lowest BCUT2D eigenvalue weighted by molar-refractivity contribution is -0.122. The first-order chi connectivity index (χ1) is 18.7. The molecule has 3 aromatic carbocycles. The Balaban J connectivity index is 1.54. The van der Waals surface area contributed by atoms with Gasteiger partial charge in [-0.1, -0.05) is 23.8 Å². The van der Waals surface area contributed by atoms with E-state index in [1.807, 2.05) is 45.9 Å². The van der Waals surface area contributed by atoms with E-state index in [4.69, 9.17) is 14.2 Å². The van der Waals surface area contributed by atoms with Crippen molar-refractivity contribution in [2.45, 2.75) is 27.7 Å². The molecule has 39 heavy (non-hydrogen) atoms. The van der Waals surface area contributed by atoms with Gasteiger partial charge in [0.15, 0.2) is 11.5 Å². The molecular formula is C30H29BrN2O6. The fourth-order valence-corrected chi connectivity index (χ4v) is 4.51. The van der Waals surface area contributed by atoms with Crippen LogP contribution in [-0.2, 0) is 9.59 Å². The number of aryl methyl sites for hydroxylation is 3. The van der Waals surface area contributed by atoms with Crippen LogP contribution in [0.2, 0.25) is 0 Å². The van der Waals surface area contributed by atoms with Crippen molar-refractivity contribution in [3.8, 4) is 17.2 Å². The number of nitrogens with one attached hydrogen (secondary N) is 1. The lowest BCUT2D eigenvalue weighted by Gasteiger charge is -2.26. The van der Waals surface area contributed by atoms with Crippen molar-refractivity contribution in [1.29, 1.82) is 0 Å². The third kappa shape index (κ3) is 6.49. The first-order valence-corrected chi connectivity index (χ1v) is 13.2. The number of carbonyl (C=O) groups is 3. The van der Waals surface area contributed by atoms with Crippen LogP contribution < -0.4 is 24.4 Å². The normalized spacial score (nSPS) is 14.4. The van der Waals surface area contributed by atoms with Crippen LogP contribution in [0.15, 0.2) is 64.6 Å². The highest BCUT2D eigenvalue weighted by Gasteiger charge is 2.36. The summed E-state index contributed by atoms with van der Waals surface area (Å²) in [6.07, 6.45) is 1.42. The second-order valence-corrected chi connectivity index (χ2v) is 9.85. The minimum absolute atomic E-state index is 0.181. The molecule has 8 nitrogen and oxygen atoms in total. The summed E-state index contributed by atoms with van der Waals surface area (Å²) in [5, 5.41) is 2.24. The maximum atomic E-state index is 13.2. The molecule has 0 bridgehead atoms. The van der Waals surface area contributed by atoms with Crippen LogP contribution >= 0.6 is 15.9 Å². The van der Waals surface area contributed by atoms with E-state index in [2.05, 4.69) is 21.2 Å². The second kappa shape index (κ2) is 12.2. The van der Waals surface area contributed by atoms with E-state index in [9.17, 15) is 14.4 Å². The number of barbiturate groups is 1. The summed E-state index contributed by atoms with van der Waals surface area (Å²) in [5.41, 5.74) is 4.02. The molecule has 0 saturated carbocycles. The summed E-state index contributed by atoms with van der Waals surface area (Å²) in [4.78, 5) is 39.3. The van der Waals surface area contributed by atoms with Gasteiger partial charge >= 0.3 is 6.03 Å². The zero-order chi connectivity index (χ0) is 28.1. The highest BCUT2D eigenvalue weighted by atomic mass is 79.9. The van der Waals surface area contributed by atoms with E-state index in [1.54, 1.807) is 36.4 Å². The number of rotatable bonds is 9. The van der Waals surface area contributed by atoms with Gasteiger partial charge in [-0.25, -0.2) is 9.69 Å². The van der Waals surface area contributed by atoms with Crippen LogP contribution in [0.4, 0.5) is 10.5 Å². The molecule has 1 aliphatic heterocycles. The van der Waals surface area contributed by atoms with Gasteiger partial charge in [-0.2, -0.15) is 0 Å². The predicted molar refractivity (Wildman–Crippen MR) is 152 cm³/mol. The smallest absolute Gasteiger partial charge is 0.335 e. The average molecular weight is 593 g/mol. The van der Waals surface area contributed by atoms with E-state index in [0.29, 0.717) is 40.4 Å². The molecule has 1 fully saturated rings. The molecule has 0 aromatic heterocycles. The fraction of sp³-hybridized carbons (Fsp3) is 0.233. The van der Waals surface area contributed by atoms with Crippen molar-refractivity contribution in [2.75, 3.05) is 24.7 Å². The van der Waals surface area contributed by atoms with Crippen molar-refractivity contribution in [1.82, 2.24) is 5.32 Å². The largest absolute Gasteiger partial charge is 0.490 e. The van der Waals surface area contributed by atoms with E-state index in [-0.39, 0.29) is 12.2 Å². The Morgan fingerprint density at radius 3 is 2.28 bits per heavy atom. The van der Waals surface area contributed by atoms with Gasteiger partial charge in [-0.15, -0.1) is 0 Å². The van der Waals surface area contributed by atoms with Crippen LogP contribution in [0.5, 0.6) is 17.2 Å². The predicted octanol–water partition coefficient (Wildman–Crippen LogP) is 5.90. The molecule has 1 heterocycles. The first-order valence-electron chi connectivity index (χ1n) is 12.4. The molecule has 0 spiro atoms. The number of ether oxygens (including phenoxy) is 3. The minimum atomic E-state index is -0.797. The number of hydrogen-bond donors (Lipinski definition) is 1. The average Bonchev–Trinajstić information content (AvgIpc) is 2.89. The molecule has 0 aliphatic carbocycles. The van der Waals surface area contributed by atoms with Crippen LogP contribution in [0.1, 0.15) is 29.2 Å². The molecule has 4 rings (SSSR count). The van der Waals surface area contributed by atoms with Crippen molar-refractivity contribution in [3.05, 3.63) is 86.9 Å². The van der Waals surface area contributed by atoms with Gasteiger partial charge in [-0.05, 0) is 103 Å². The standard InChI is InChI=1S/C30H29BrN2O6/c1-5-37-26-17-21(16-25(31)27(26)39-13-12-38-23-11-8-19(3)20(4)14-23)15-24-28(34)32-30(36)33(29(24)35)22-9-6-18(2)7-10-22/h6-11,14-17H,5,12-13H2,1-4H3,(H,32,34,36)/b24-15+. The number of nitrogens with zero attached hydrogens (tertiary/aromatic N) is 1. The number of amides is 4. The molecule has 0 atom stereocenters. The van der Waals surface area contributed by atoms with Crippen molar-refractivity contribution >= 4 is 45.5 Å². The summed E-state index contributed by atoms with van der Waals surface area (Å²) >= 11 is 3.52. The van der Waals surface area contributed by atoms with Gasteiger partial charge in [0.1, 0.15) is 24.5 Å². The Morgan fingerprint density at radius 1 is 0.872 bits per heavy atom. The van der Waals surface area contributed by atoms with Gasteiger partial charge in [0.05, 0.1) is 16.8 Å². The van der Waals surface area contributed by atoms with Crippen molar-refractivity contribution in [2.24, 2.45) is 0 Å². The Kier molecular flexibility index (Phi) is 8.71. The Morgan fingerprint density at radius 2 is 1.59 bits per heavy atom. The number of anilines is 1. The molecule has 4 amide bonds. The quantitative estimate of drug-likeness (QED) is 0.189. The van der Waals surface area contributed by atoms with Gasteiger partial charge in [0.2, 0.25) is 0 Å². The second-order valence-electron chi connectivity index (χ2n) is 9.00. The van der Waals surface area contributed by atoms with Crippen molar-refractivity contribution < 1.29 is 28.6 Å². The Hall–Kier alpha value is -4.11. The number of imide groups is 2. The molecule has 1 aliphatic rings. The molecule has 9 heteroatoms. The molecule has 3 aromatic rings. The molecule has 202 valence electrons. The van der Waals surface area contributed by atoms with Crippen LogP contribution in [-0.4, -0.2) is 37.7 Å². The Bertz CT molecular complexity index is 1450. The van der Waals surface area contributed by atoms with Gasteiger partial charge < -0.3 is 14.2 Å². The monoisotopic (exact) mass is 592 g/mol. The number of halogens is 1. The fourth-order valence-electron chi connectivity index (χ4n) is 3.93. The zero-order valence-corrected chi connectivity index (χ0v) is 23.8. The van der Waals surface area contributed by atoms with Crippen LogP contribution in [0.25, 0.3) is 6.08 Å². The highest BCUT2D eigenvalue weighted by molar-refractivity contribution is 9.10. The number of benzene rings is 3. The first kappa shape index (κ1) is 27.9. The summed E-state index contributed by atoms with van der Waals surface area (Å²) in [6, 6.07) is 15.4. The van der Waals surface area contributed by atoms with Crippen LogP contribution in [0, 0.1) is 20.8 Å². The number of urea groups is 1. The van der Waals surface area contributed by atoms with Gasteiger partial charge in [0, 0.05) is 0 Å². The third-order valence-electron chi connectivity index (χ3n) is 6.11. The Labute approximate surface area is 235 Å². The summed E-state index contributed by atoms with van der Waals surface area (Å²) in [5.74, 6) is 0.178. The van der Waals surface area contributed by atoms with Crippen LogP contribution in [0.3, 0.4) is 0 Å². The molecular weight excluding hydrogens is 564 g/mol. The van der Waals surface area contributed by atoms with Crippen molar-refractivity contribution in [3.63, 3.8) is 0 Å². The maximum absolute atomic E-state index is 13.2.